The minimum absolute atomic E-state index is 0.123. The average molecular weight is 502 g/mol. The van der Waals surface area contributed by atoms with Gasteiger partial charge in [-0.15, -0.1) is 10.2 Å². The minimum Gasteiger partial charge on any atom is -0.461 e. The highest BCUT2D eigenvalue weighted by molar-refractivity contribution is 9.11. The number of carbonyl (C=O) groups is 1. The summed E-state index contributed by atoms with van der Waals surface area (Å²) in [6.07, 6.45) is 0. The first kappa shape index (κ1) is 18.8. The van der Waals surface area contributed by atoms with E-state index in [0.29, 0.717) is 21.5 Å². The summed E-state index contributed by atoms with van der Waals surface area (Å²) in [6, 6.07) is 17.3. The second-order valence-corrected chi connectivity index (χ2v) is 7.60. The fourth-order valence-corrected chi connectivity index (χ4v) is 3.68. The van der Waals surface area contributed by atoms with E-state index in [1.807, 2.05) is 54.6 Å². The number of aromatic nitrogens is 4. The Morgan fingerprint density at radius 1 is 1.00 bits per heavy atom. The van der Waals surface area contributed by atoms with Crippen LogP contribution >= 0.6 is 31.9 Å². The number of nitrogens with zero attached hydrogens (tertiary/aromatic N) is 4. The Morgan fingerprint density at radius 2 is 1.71 bits per heavy atom. The lowest BCUT2D eigenvalue weighted by Crippen LogP contribution is -2.14. The van der Waals surface area contributed by atoms with Crippen LogP contribution in [0.4, 0.5) is 0 Å². The van der Waals surface area contributed by atoms with Crippen LogP contribution in [-0.4, -0.2) is 32.4 Å². The summed E-state index contributed by atoms with van der Waals surface area (Å²) in [7, 11) is 0. The molecule has 2 heterocycles. The predicted molar refractivity (Wildman–Crippen MR) is 113 cm³/mol. The topological polar surface area (TPSA) is 69.4 Å². The Labute approximate surface area is 177 Å². The molecule has 0 N–H and O–H groups in total. The smallest absolute Gasteiger partial charge is 0.361 e. The molecule has 0 saturated heterocycles. The molecule has 140 valence electrons. The van der Waals surface area contributed by atoms with Crippen molar-refractivity contribution in [1.29, 1.82) is 0 Å². The Kier molecular flexibility index (Phi) is 5.23. The van der Waals surface area contributed by atoms with Gasteiger partial charge in [0, 0.05) is 15.6 Å². The fraction of sp³-hybridized carbons (Fsp3) is 0.100. The summed E-state index contributed by atoms with van der Waals surface area (Å²) in [5.41, 5.74) is 3.59. The van der Waals surface area contributed by atoms with Crippen molar-refractivity contribution in [3.63, 3.8) is 0 Å². The van der Waals surface area contributed by atoms with Crippen molar-refractivity contribution >= 4 is 43.5 Å². The van der Waals surface area contributed by atoms with E-state index in [9.17, 15) is 4.79 Å². The maximum absolute atomic E-state index is 12.5. The van der Waals surface area contributed by atoms with Gasteiger partial charge >= 0.3 is 5.97 Å². The summed E-state index contributed by atoms with van der Waals surface area (Å²) >= 11 is 7.03. The van der Waals surface area contributed by atoms with Crippen LogP contribution in [0.5, 0.6) is 0 Å². The molecule has 0 atom stereocenters. The molecule has 0 fully saturated rings. The summed E-state index contributed by atoms with van der Waals surface area (Å²) in [4.78, 5) is 12.5. The molecule has 2 aromatic heterocycles. The standard InChI is InChI=1S/C20H14Br2N4O2/c1-2-28-20(27)17-18(13-6-4-3-5-7-13)26-19(24-23-17)15(22)16(25-26)12-8-10-14(21)11-9-12/h3-11H,2H2,1H3. The van der Waals surface area contributed by atoms with Crippen molar-refractivity contribution in [3.8, 4) is 22.5 Å². The van der Waals surface area contributed by atoms with E-state index < -0.39 is 5.97 Å². The SMILES string of the molecule is CCOC(=O)c1nnc2c(Br)c(-c3ccc(Br)cc3)nn2c1-c1ccccc1. The molecule has 0 amide bonds. The van der Waals surface area contributed by atoms with E-state index in [0.717, 1.165) is 15.6 Å². The van der Waals surface area contributed by atoms with Gasteiger partial charge in [-0.05, 0) is 35.0 Å². The van der Waals surface area contributed by atoms with Crippen LogP contribution in [0.2, 0.25) is 0 Å². The maximum atomic E-state index is 12.5. The molecule has 4 rings (SSSR count). The van der Waals surface area contributed by atoms with Gasteiger partial charge in [0.2, 0.25) is 0 Å². The number of benzene rings is 2. The van der Waals surface area contributed by atoms with Gasteiger partial charge in [-0.2, -0.15) is 5.10 Å². The zero-order valence-corrected chi connectivity index (χ0v) is 17.9. The fourth-order valence-electron chi connectivity index (χ4n) is 2.86. The molecular weight excluding hydrogens is 488 g/mol. The van der Waals surface area contributed by atoms with Crippen LogP contribution < -0.4 is 0 Å². The highest BCUT2D eigenvalue weighted by Crippen LogP contribution is 2.33. The molecular formula is C20H14Br2N4O2. The number of esters is 1. The molecule has 2 aromatic carbocycles. The first-order chi connectivity index (χ1) is 13.6. The largest absolute Gasteiger partial charge is 0.461 e. The summed E-state index contributed by atoms with van der Waals surface area (Å²) < 4.78 is 8.49. The van der Waals surface area contributed by atoms with Crippen molar-refractivity contribution < 1.29 is 9.53 Å². The Morgan fingerprint density at radius 3 is 2.39 bits per heavy atom. The van der Waals surface area contributed by atoms with E-state index in [2.05, 4.69) is 42.1 Å². The molecule has 0 aliphatic carbocycles. The number of rotatable bonds is 4. The normalized spacial score (nSPS) is 11.0. The van der Waals surface area contributed by atoms with Crippen LogP contribution in [0.15, 0.2) is 63.5 Å². The summed E-state index contributed by atoms with van der Waals surface area (Å²) in [6.45, 7) is 2.00. The predicted octanol–water partition coefficient (Wildman–Crippen LogP) is 5.16. The summed E-state index contributed by atoms with van der Waals surface area (Å²) in [5.74, 6) is -0.535. The van der Waals surface area contributed by atoms with E-state index in [1.165, 1.54) is 0 Å². The van der Waals surface area contributed by atoms with Gasteiger partial charge in [-0.1, -0.05) is 58.4 Å². The number of fused-ring (bicyclic) bond motifs is 1. The maximum Gasteiger partial charge on any atom is 0.361 e. The quantitative estimate of drug-likeness (QED) is 0.361. The van der Waals surface area contributed by atoms with Gasteiger partial charge in [0.05, 0.1) is 11.1 Å². The zero-order chi connectivity index (χ0) is 19.7. The van der Waals surface area contributed by atoms with Crippen LogP contribution in [-0.2, 0) is 4.74 Å². The lowest BCUT2D eigenvalue weighted by molar-refractivity contribution is 0.0518. The van der Waals surface area contributed by atoms with Crippen molar-refractivity contribution in [1.82, 2.24) is 19.8 Å². The minimum atomic E-state index is -0.535. The monoisotopic (exact) mass is 500 g/mol. The van der Waals surface area contributed by atoms with E-state index in [-0.39, 0.29) is 12.3 Å². The van der Waals surface area contributed by atoms with Crippen LogP contribution in [0.25, 0.3) is 28.2 Å². The van der Waals surface area contributed by atoms with Gasteiger partial charge in [0.25, 0.3) is 0 Å². The second kappa shape index (κ2) is 7.81. The molecule has 0 saturated carbocycles. The third-order valence-corrected chi connectivity index (χ3v) is 5.38. The first-order valence-electron chi connectivity index (χ1n) is 8.53. The molecule has 0 unspecified atom stereocenters. The third-order valence-electron chi connectivity index (χ3n) is 4.12. The Balaban J connectivity index is 2.00. The highest BCUT2D eigenvalue weighted by Gasteiger charge is 2.24. The van der Waals surface area contributed by atoms with Crippen LogP contribution in [0, 0.1) is 0 Å². The molecule has 28 heavy (non-hydrogen) atoms. The van der Waals surface area contributed by atoms with Crippen molar-refractivity contribution in [2.75, 3.05) is 6.61 Å². The highest BCUT2D eigenvalue weighted by atomic mass is 79.9. The van der Waals surface area contributed by atoms with Crippen LogP contribution in [0.1, 0.15) is 17.4 Å². The molecule has 0 bridgehead atoms. The van der Waals surface area contributed by atoms with Gasteiger partial charge in [-0.3, -0.25) is 0 Å². The molecule has 0 spiro atoms. The summed E-state index contributed by atoms with van der Waals surface area (Å²) in [5, 5.41) is 13.1. The van der Waals surface area contributed by atoms with E-state index in [1.54, 1.807) is 11.4 Å². The zero-order valence-electron chi connectivity index (χ0n) is 14.8. The average Bonchev–Trinajstić information content (AvgIpc) is 3.05. The molecule has 0 radical (unpaired) electrons. The first-order valence-corrected chi connectivity index (χ1v) is 10.1. The molecule has 4 aromatic rings. The van der Waals surface area contributed by atoms with Gasteiger partial charge in [0.1, 0.15) is 11.4 Å². The number of hydrogen-bond donors (Lipinski definition) is 0. The Hall–Kier alpha value is -2.58. The third kappa shape index (κ3) is 3.33. The van der Waals surface area contributed by atoms with Gasteiger partial charge in [0.15, 0.2) is 11.3 Å². The lowest BCUT2D eigenvalue weighted by Gasteiger charge is -2.09. The molecule has 6 nitrogen and oxygen atoms in total. The van der Waals surface area contributed by atoms with Crippen molar-refractivity contribution in [2.24, 2.45) is 0 Å². The number of carbonyl (C=O) groups excluding carboxylic acids is 1. The number of halogens is 2. The van der Waals surface area contributed by atoms with Crippen LogP contribution in [0.3, 0.4) is 0 Å². The van der Waals surface area contributed by atoms with E-state index in [4.69, 9.17) is 9.84 Å². The van der Waals surface area contributed by atoms with Gasteiger partial charge in [-0.25, -0.2) is 9.31 Å². The van der Waals surface area contributed by atoms with Crippen molar-refractivity contribution in [3.05, 3.63) is 69.2 Å². The second-order valence-electron chi connectivity index (χ2n) is 5.89. The lowest BCUT2D eigenvalue weighted by atomic mass is 10.1. The number of ether oxygens (including phenoxy) is 1. The molecule has 8 heteroatoms. The molecule has 0 aliphatic rings. The number of hydrogen-bond acceptors (Lipinski definition) is 5. The van der Waals surface area contributed by atoms with Gasteiger partial charge < -0.3 is 4.74 Å². The molecule has 0 aliphatic heterocycles. The Bertz CT molecular complexity index is 1160. The van der Waals surface area contributed by atoms with Crippen molar-refractivity contribution in [2.45, 2.75) is 6.92 Å². The van der Waals surface area contributed by atoms with E-state index >= 15 is 0 Å².